The average molecular weight is 549 g/mol. The number of nitrogens with one attached hydrogen (secondary N) is 1. The summed E-state index contributed by atoms with van der Waals surface area (Å²) < 4.78 is 28.5. The van der Waals surface area contributed by atoms with Gasteiger partial charge in [-0.25, -0.2) is 9.78 Å². The summed E-state index contributed by atoms with van der Waals surface area (Å²) in [6, 6.07) is 19.5. The van der Waals surface area contributed by atoms with Crippen molar-refractivity contribution in [3.8, 4) is 17.2 Å². The van der Waals surface area contributed by atoms with Gasteiger partial charge in [0.2, 0.25) is 5.75 Å². The van der Waals surface area contributed by atoms with E-state index in [4.69, 9.17) is 23.7 Å². The lowest BCUT2D eigenvalue weighted by molar-refractivity contribution is -0.154. The number of hydrogen-bond acceptors (Lipinski definition) is 9. The molecule has 0 saturated carbocycles. The quantitative estimate of drug-likeness (QED) is 0.422. The highest BCUT2D eigenvalue weighted by molar-refractivity contribution is 5.98. The molecule has 1 aliphatic heterocycles. The number of nitrogens with zero attached hydrogens (tertiary/aromatic N) is 1. The second-order valence-corrected chi connectivity index (χ2v) is 9.31. The van der Waals surface area contributed by atoms with Crippen molar-refractivity contribution in [2.75, 3.05) is 20.3 Å². The highest BCUT2D eigenvalue weighted by atomic mass is 16.6. The van der Waals surface area contributed by atoms with Crippen LogP contribution in [0.3, 0.4) is 0 Å². The average Bonchev–Trinajstić information content (AvgIpc) is 2.99. The first-order valence-corrected chi connectivity index (χ1v) is 12.9. The molecule has 4 atom stereocenters. The van der Waals surface area contributed by atoms with Crippen LogP contribution in [0, 0.1) is 5.92 Å². The summed E-state index contributed by atoms with van der Waals surface area (Å²) in [6.07, 6.45) is 0.886. The van der Waals surface area contributed by atoms with E-state index in [2.05, 4.69) is 10.3 Å². The Balaban J connectivity index is 1.56. The monoisotopic (exact) mass is 548 g/mol. The number of amides is 1. The van der Waals surface area contributed by atoms with Gasteiger partial charge < -0.3 is 29.0 Å². The fourth-order valence-corrected chi connectivity index (χ4v) is 4.45. The molecule has 0 aliphatic carbocycles. The lowest BCUT2D eigenvalue weighted by Gasteiger charge is -2.31. The second-order valence-electron chi connectivity index (χ2n) is 9.31. The predicted molar refractivity (Wildman–Crippen MR) is 144 cm³/mol. The Morgan fingerprint density at radius 1 is 1.02 bits per heavy atom. The molecule has 10 nitrogen and oxygen atoms in total. The number of carbonyl (C=O) groups excluding carboxylic acids is 3. The molecule has 1 N–H and O–H groups in total. The topological polar surface area (TPSA) is 122 Å². The third-order valence-electron chi connectivity index (χ3n) is 6.43. The molecule has 0 radical (unpaired) electrons. The van der Waals surface area contributed by atoms with Crippen molar-refractivity contribution in [1.29, 1.82) is 0 Å². The van der Waals surface area contributed by atoms with Gasteiger partial charge in [0.05, 0.1) is 20.3 Å². The lowest BCUT2D eigenvalue weighted by atomic mass is 9.89. The molecular weight excluding hydrogens is 516 g/mol. The summed E-state index contributed by atoms with van der Waals surface area (Å²) in [5.74, 6) is -1.69. The summed E-state index contributed by atoms with van der Waals surface area (Å²) >= 11 is 0. The van der Waals surface area contributed by atoms with Gasteiger partial charge in [-0.15, -0.1) is 0 Å². The molecule has 0 spiro atoms. The Morgan fingerprint density at radius 3 is 2.40 bits per heavy atom. The molecule has 1 fully saturated rings. The number of methoxy groups -OCH3 is 1. The van der Waals surface area contributed by atoms with Gasteiger partial charge in [0.1, 0.15) is 18.0 Å². The van der Waals surface area contributed by atoms with Gasteiger partial charge in [-0.2, -0.15) is 0 Å². The molecule has 1 aliphatic rings. The maximum atomic E-state index is 13.3. The van der Waals surface area contributed by atoms with Crippen LogP contribution in [0.5, 0.6) is 17.2 Å². The first-order valence-electron chi connectivity index (χ1n) is 12.9. The van der Waals surface area contributed by atoms with Crippen LogP contribution in [0.25, 0.3) is 0 Å². The van der Waals surface area contributed by atoms with E-state index in [1.807, 2.05) is 60.7 Å². The van der Waals surface area contributed by atoms with Crippen LogP contribution in [-0.2, 0) is 25.5 Å². The number of rotatable bonds is 8. The standard InChI is InChI=1S/C30H32N2O8/c1-19-23(16-21-10-6-4-7-11-21)26(40-22-12-8-5-9-13-22)18-37-17-24(30(35)38-19)32-29(34)27-28(39-20(2)33)25(36-3)14-15-31-27/h4-15,19,23-24,26H,16-18H2,1-3H3,(H,32,34)/t19-,23-,24-,26-/m0/s1. The molecule has 40 heavy (non-hydrogen) atoms. The minimum absolute atomic E-state index is 0.141. The van der Waals surface area contributed by atoms with Crippen LogP contribution in [-0.4, -0.2) is 61.4 Å². The fraction of sp³-hybridized carbons (Fsp3) is 0.333. The maximum absolute atomic E-state index is 13.3. The predicted octanol–water partition coefficient (Wildman–Crippen LogP) is 3.38. The molecular formula is C30H32N2O8. The number of cyclic esters (lactones) is 1. The third kappa shape index (κ3) is 7.35. The zero-order valence-corrected chi connectivity index (χ0v) is 22.6. The smallest absolute Gasteiger partial charge is 0.331 e. The van der Waals surface area contributed by atoms with E-state index in [-0.39, 0.29) is 36.3 Å². The molecule has 3 aromatic rings. The van der Waals surface area contributed by atoms with Crippen molar-refractivity contribution >= 4 is 17.8 Å². The van der Waals surface area contributed by atoms with E-state index in [9.17, 15) is 14.4 Å². The molecule has 2 aromatic carbocycles. The Hall–Kier alpha value is -4.44. The van der Waals surface area contributed by atoms with Crippen LogP contribution < -0.4 is 19.5 Å². The first kappa shape index (κ1) is 28.6. The second kappa shape index (κ2) is 13.6. The van der Waals surface area contributed by atoms with Gasteiger partial charge in [-0.3, -0.25) is 9.59 Å². The van der Waals surface area contributed by atoms with Gasteiger partial charge in [0, 0.05) is 25.1 Å². The summed E-state index contributed by atoms with van der Waals surface area (Å²) in [7, 11) is 1.37. The SMILES string of the molecule is COc1ccnc(C(=O)N[C@H]2COC[C@H](Oc3ccccc3)[C@@H](Cc3ccccc3)[C@H](C)OC2=O)c1OC(C)=O. The lowest BCUT2D eigenvalue weighted by Crippen LogP contribution is -2.46. The Kier molecular flexibility index (Phi) is 9.69. The van der Waals surface area contributed by atoms with Crippen molar-refractivity contribution in [2.24, 2.45) is 5.92 Å². The normalized spacial score (nSPS) is 21.1. The molecule has 1 amide bonds. The number of esters is 2. The van der Waals surface area contributed by atoms with Gasteiger partial charge in [-0.05, 0) is 31.0 Å². The minimum atomic E-state index is -1.15. The van der Waals surface area contributed by atoms with Crippen molar-refractivity contribution in [2.45, 2.75) is 38.5 Å². The van der Waals surface area contributed by atoms with Crippen LogP contribution >= 0.6 is 0 Å². The van der Waals surface area contributed by atoms with Crippen molar-refractivity contribution in [3.05, 3.63) is 84.2 Å². The minimum Gasteiger partial charge on any atom is -0.493 e. The van der Waals surface area contributed by atoms with Crippen molar-refractivity contribution in [3.63, 3.8) is 0 Å². The Bertz CT molecular complexity index is 1300. The molecule has 10 heteroatoms. The number of para-hydroxylation sites is 1. The fourth-order valence-electron chi connectivity index (χ4n) is 4.45. The third-order valence-corrected chi connectivity index (χ3v) is 6.43. The summed E-state index contributed by atoms with van der Waals surface area (Å²) in [5.41, 5.74) is 0.839. The summed E-state index contributed by atoms with van der Waals surface area (Å²) in [4.78, 5) is 42.1. The van der Waals surface area contributed by atoms with Gasteiger partial charge in [-0.1, -0.05) is 48.5 Å². The van der Waals surface area contributed by atoms with Crippen LogP contribution in [0.4, 0.5) is 0 Å². The summed E-state index contributed by atoms with van der Waals surface area (Å²) in [6.45, 7) is 2.98. The van der Waals surface area contributed by atoms with Crippen LogP contribution in [0.15, 0.2) is 72.9 Å². The zero-order valence-electron chi connectivity index (χ0n) is 22.6. The molecule has 0 bridgehead atoms. The van der Waals surface area contributed by atoms with Gasteiger partial charge in [0.25, 0.3) is 5.91 Å². The van der Waals surface area contributed by atoms with E-state index in [0.29, 0.717) is 12.2 Å². The molecule has 2 heterocycles. The highest BCUT2D eigenvalue weighted by Gasteiger charge is 2.36. The van der Waals surface area contributed by atoms with Crippen molar-refractivity contribution in [1.82, 2.24) is 10.3 Å². The highest BCUT2D eigenvalue weighted by Crippen LogP contribution is 2.30. The van der Waals surface area contributed by atoms with E-state index in [1.165, 1.54) is 26.3 Å². The van der Waals surface area contributed by atoms with E-state index >= 15 is 0 Å². The molecule has 1 saturated heterocycles. The number of pyridine rings is 1. The van der Waals surface area contributed by atoms with E-state index < -0.39 is 36.1 Å². The number of hydrogen-bond donors (Lipinski definition) is 1. The van der Waals surface area contributed by atoms with Gasteiger partial charge >= 0.3 is 11.9 Å². The van der Waals surface area contributed by atoms with E-state index in [0.717, 1.165) is 5.56 Å². The number of aromatic nitrogens is 1. The largest absolute Gasteiger partial charge is 0.493 e. The molecule has 0 unspecified atom stereocenters. The van der Waals surface area contributed by atoms with E-state index in [1.54, 1.807) is 6.92 Å². The van der Waals surface area contributed by atoms with Gasteiger partial charge in [0.15, 0.2) is 17.5 Å². The maximum Gasteiger partial charge on any atom is 0.331 e. The molecule has 1 aromatic heterocycles. The number of ether oxygens (including phenoxy) is 5. The van der Waals surface area contributed by atoms with Crippen LogP contribution in [0.2, 0.25) is 0 Å². The Morgan fingerprint density at radius 2 is 1.73 bits per heavy atom. The molecule has 210 valence electrons. The number of benzene rings is 2. The van der Waals surface area contributed by atoms with Crippen molar-refractivity contribution < 1.29 is 38.1 Å². The van der Waals surface area contributed by atoms with Crippen LogP contribution in [0.1, 0.15) is 29.9 Å². The molecule has 4 rings (SSSR count). The zero-order chi connectivity index (χ0) is 28.5. The number of carbonyl (C=O) groups is 3. The Labute approximate surface area is 232 Å². The summed E-state index contributed by atoms with van der Waals surface area (Å²) in [5, 5.41) is 2.61. The first-order chi connectivity index (χ1) is 19.4.